The number of aromatic amines is 1. The highest BCUT2D eigenvalue weighted by Gasteiger charge is 2.18. The number of nitrogens with one attached hydrogen (secondary N) is 3. The van der Waals surface area contributed by atoms with Gasteiger partial charge in [0.1, 0.15) is 5.56 Å². The third-order valence-corrected chi connectivity index (χ3v) is 4.16. The molecule has 0 bridgehead atoms. The summed E-state index contributed by atoms with van der Waals surface area (Å²) in [7, 11) is 0. The maximum Gasteiger partial charge on any atom is 0.257 e. The topological polar surface area (TPSA) is 91.1 Å². The van der Waals surface area contributed by atoms with Gasteiger partial charge in [0.2, 0.25) is 11.3 Å². The number of H-pyrrole nitrogens is 1. The fraction of sp³-hybridized carbons (Fsp3) is 0.353. The first-order chi connectivity index (χ1) is 11.1. The number of fused-ring (bicyclic) bond motifs is 1. The average molecular weight is 313 g/mol. The molecule has 0 aliphatic heterocycles. The lowest BCUT2D eigenvalue weighted by Gasteiger charge is -2.12. The van der Waals surface area contributed by atoms with Gasteiger partial charge in [0.15, 0.2) is 0 Å². The maximum absolute atomic E-state index is 12.3. The molecular weight excluding hydrogens is 294 g/mol. The Balaban J connectivity index is 1.65. The Labute approximate surface area is 133 Å². The zero-order valence-corrected chi connectivity index (χ0v) is 12.7. The van der Waals surface area contributed by atoms with E-state index in [1.54, 1.807) is 18.2 Å². The summed E-state index contributed by atoms with van der Waals surface area (Å²) < 4.78 is 0. The molecule has 3 N–H and O–H groups in total. The number of carbonyl (C=O) groups is 2. The number of benzene rings is 1. The van der Waals surface area contributed by atoms with Crippen molar-refractivity contribution in [2.24, 2.45) is 0 Å². The lowest BCUT2D eigenvalue weighted by Crippen LogP contribution is -2.41. The van der Waals surface area contributed by atoms with Crippen molar-refractivity contribution in [2.75, 3.05) is 6.54 Å². The summed E-state index contributed by atoms with van der Waals surface area (Å²) in [6.07, 6.45) is 5.62. The van der Waals surface area contributed by atoms with E-state index in [1.807, 2.05) is 6.07 Å². The summed E-state index contributed by atoms with van der Waals surface area (Å²) in [6, 6.07) is 7.20. The predicted molar refractivity (Wildman–Crippen MR) is 87.3 cm³/mol. The summed E-state index contributed by atoms with van der Waals surface area (Å²) in [5.74, 6) is -0.763. The minimum absolute atomic E-state index is 0.0115. The van der Waals surface area contributed by atoms with Gasteiger partial charge in [-0.15, -0.1) is 0 Å². The number of para-hydroxylation sites is 1. The summed E-state index contributed by atoms with van der Waals surface area (Å²) >= 11 is 0. The first kappa shape index (κ1) is 15.3. The van der Waals surface area contributed by atoms with Crippen molar-refractivity contribution in [1.29, 1.82) is 0 Å². The van der Waals surface area contributed by atoms with Gasteiger partial charge in [-0.3, -0.25) is 14.4 Å². The van der Waals surface area contributed by atoms with Gasteiger partial charge < -0.3 is 15.6 Å². The van der Waals surface area contributed by atoms with Crippen molar-refractivity contribution in [2.45, 2.75) is 31.7 Å². The van der Waals surface area contributed by atoms with Crippen LogP contribution in [-0.2, 0) is 4.79 Å². The second kappa shape index (κ2) is 6.64. The van der Waals surface area contributed by atoms with Crippen LogP contribution in [0.3, 0.4) is 0 Å². The molecule has 1 aromatic heterocycles. The quantitative estimate of drug-likeness (QED) is 0.795. The van der Waals surface area contributed by atoms with Crippen LogP contribution in [0.4, 0.5) is 0 Å². The fourth-order valence-corrected chi connectivity index (χ4v) is 2.94. The average Bonchev–Trinajstić information content (AvgIpc) is 3.06. The molecule has 6 heteroatoms. The molecule has 23 heavy (non-hydrogen) atoms. The van der Waals surface area contributed by atoms with E-state index in [9.17, 15) is 14.4 Å². The van der Waals surface area contributed by atoms with Crippen LogP contribution in [0.1, 0.15) is 36.0 Å². The van der Waals surface area contributed by atoms with E-state index in [0.717, 1.165) is 25.7 Å². The molecule has 0 unspecified atom stereocenters. The Hall–Kier alpha value is -2.63. The van der Waals surface area contributed by atoms with Crippen LogP contribution < -0.4 is 16.1 Å². The largest absolute Gasteiger partial charge is 0.360 e. The van der Waals surface area contributed by atoms with Crippen molar-refractivity contribution in [3.63, 3.8) is 0 Å². The zero-order valence-electron chi connectivity index (χ0n) is 12.7. The summed E-state index contributed by atoms with van der Waals surface area (Å²) in [5, 5.41) is 5.85. The molecule has 1 aromatic carbocycles. The van der Waals surface area contributed by atoms with E-state index in [4.69, 9.17) is 0 Å². The molecule has 2 aromatic rings. The summed E-state index contributed by atoms with van der Waals surface area (Å²) in [5.41, 5.74) is 0.346. The minimum atomic E-state index is -0.543. The first-order valence-electron chi connectivity index (χ1n) is 7.83. The molecule has 2 amide bonds. The third-order valence-electron chi connectivity index (χ3n) is 4.16. The lowest BCUT2D eigenvalue weighted by atomic mass is 10.1. The van der Waals surface area contributed by atoms with Gasteiger partial charge in [0.05, 0.1) is 6.54 Å². The van der Waals surface area contributed by atoms with Gasteiger partial charge in [-0.05, 0) is 25.0 Å². The highest BCUT2D eigenvalue weighted by molar-refractivity contribution is 5.98. The monoisotopic (exact) mass is 313 g/mol. The van der Waals surface area contributed by atoms with E-state index < -0.39 is 5.91 Å². The molecular formula is C17H19N3O3. The van der Waals surface area contributed by atoms with E-state index in [2.05, 4.69) is 15.6 Å². The van der Waals surface area contributed by atoms with Crippen LogP contribution in [0.5, 0.6) is 0 Å². The molecule has 120 valence electrons. The van der Waals surface area contributed by atoms with E-state index in [-0.39, 0.29) is 29.5 Å². The smallest absolute Gasteiger partial charge is 0.257 e. The van der Waals surface area contributed by atoms with Gasteiger partial charge in [-0.25, -0.2) is 0 Å². The predicted octanol–water partition coefficient (Wildman–Crippen LogP) is 1.32. The molecule has 3 rings (SSSR count). The van der Waals surface area contributed by atoms with Gasteiger partial charge >= 0.3 is 0 Å². The van der Waals surface area contributed by atoms with Crippen LogP contribution in [0.2, 0.25) is 0 Å². The molecule has 0 spiro atoms. The molecule has 0 saturated heterocycles. The Bertz CT molecular complexity index is 791. The molecule has 0 atom stereocenters. The van der Waals surface area contributed by atoms with Crippen LogP contribution in [0, 0.1) is 0 Å². The van der Waals surface area contributed by atoms with Gasteiger partial charge in [-0.2, -0.15) is 0 Å². The Morgan fingerprint density at radius 2 is 1.91 bits per heavy atom. The standard InChI is InChI=1S/C17H19N3O3/c21-15(20-11-5-1-2-6-11)10-19-17(23)13-9-18-14-8-4-3-7-12(14)16(13)22/h3-4,7-9,11H,1-2,5-6,10H2,(H,18,22)(H,19,23)(H,20,21). The zero-order chi connectivity index (χ0) is 16.2. The van der Waals surface area contributed by atoms with Crippen LogP contribution in [-0.4, -0.2) is 29.4 Å². The minimum Gasteiger partial charge on any atom is -0.360 e. The van der Waals surface area contributed by atoms with Crippen molar-refractivity contribution < 1.29 is 9.59 Å². The summed E-state index contributed by atoms with van der Waals surface area (Å²) in [4.78, 5) is 39.2. The van der Waals surface area contributed by atoms with Gasteiger partial charge in [0.25, 0.3) is 5.91 Å². The van der Waals surface area contributed by atoms with E-state index in [1.165, 1.54) is 6.20 Å². The number of rotatable bonds is 4. The number of hydrogen-bond donors (Lipinski definition) is 3. The molecule has 1 fully saturated rings. The normalized spacial score (nSPS) is 14.8. The second-order valence-corrected chi connectivity index (χ2v) is 5.81. The second-order valence-electron chi connectivity index (χ2n) is 5.81. The number of aromatic nitrogens is 1. The van der Waals surface area contributed by atoms with Gasteiger partial charge in [0, 0.05) is 23.1 Å². The molecule has 1 aliphatic carbocycles. The van der Waals surface area contributed by atoms with Crippen molar-refractivity contribution in [1.82, 2.24) is 15.6 Å². The Morgan fingerprint density at radius 3 is 2.70 bits per heavy atom. The molecule has 1 heterocycles. The van der Waals surface area contributed by atoms with Crippen molar-refractivity contribution >= 4 is 22.7 Å². The maximum atomic E-state index is 12.3. The van der Waals surface area contributed by atoms with Crippen LogP contribution >= 0.6 is 0 Å². The van der Waals surface area contributed by atoms with Crippen molar-refractivity contribution in [3.05, 3.63) is 46.2 Å². The fourth-order valence-electron chi connectivity index (χ4n) is 2.94. The SMILES string of the molecule is O=C(CNC(=O)c1c[nH]c2ccccc2c1=O)NC1CCCC1. The number of hydrogen-bond acceptors (Lipinski definition) is 3. The van der Waals surface area contributed by atoms with Crippen LogP contribution in [0.15, 0.2) is 35.3 Å². The number of carbonyl (C=O) groups excluding carboxylic acids is 2. The lowest BCUT2D eigenvalue weighted by molar-refractivity contribution is -0.120. The molecule has 6 nitrogen and oxygen atoms in total. The highest BCUT2D eigenvalue weighted by Crippen LogP contribution is 2.17. The molecule has 1 saturated carbocycles. The highest BCUT2D eigenvalue weighted by atomic mass is 16.2. The first-order valence-corrected chi connectivity index (χ1v) is 7.83. The van der Waals surface area contributed by atoms with Crippen molar-refractivity contribution in [3.8, 4) is 0 Å². The van der Waals surface area contributed by atoms with E-state index >= 15 is 0 Å². The number of pyridine rings is 1. The Morgan fingerprint density at radius 1 is 1.17 bits per heavy atom. The number of amides is 2. The summed E-state index contributed by atoms with van der Waals surface area (Å²) in [6.45, 7) is -0.123. The third kappa shape index (κ3) is 3.41. The van der Waals surface area contributed by atoms with Crippen LogP contribution in [0.25, 0.3) is 10.9 Å². The van der Waals surface area contributed by atoms with Gasteiger partial charge in [-0.1, -0.05) is 25.0 Å². The Kier molecular flexibility index (Phi) is 4.41. The molecule has 0 radical (unpaired) electrons. The molecule has 1 aliphatic rings. The van der Waals surface area contributed by atoms with E-state index in [0.29, 0.717) is 10.9 Å².